The number of hydrogen-bond acceptors (Lipinski definition) is 3. The van der Waals surface area contributed by atoms with Crippen LogP contribution in [-0.2, 0) is 0 Å². The Bertz CT molecular complexity index is 548. The van der Waals surface area contributed by atoms with Gasteiger partial charge < -0.3 is 11.1 Å². The molecule has 0 aliphatic carbocycles. The smallest absolute Gasteiger partial charge is 0.252 e. The summed E-state index contributed by atoms with van der Waals surface area (Å²) in [6.07, 6.45) is 2.43. The van der Waals surface area contributed by atoms with Crippen LogP contribution in [0.4, 0.5) is 0 Å². The normalized spacial score (nSPS) is 12.3. The molecule has 0 radical (unpaired) electrons. The maximum Gasteiger partial charge on any atom is 0.252 e. The molecule has 0 saturated heterocycles. The molecule has 0 fully saturated rings. The summed E-state index contributed by atoms with van der Waals surface area (Å²) in [6.45, 7) is 2.52. The Morgan fingerprint density at radius 1 is 1.39 bits per heavy atom. The minimum Gasteiger partial charge on any atom is -0.350 e. The molecule has 4 heteroatoms. The summed E-state index contributed by atoms with van der Waals surface area (Å²) in [5.74, 6) is -0.0745. The van der Waals surface area contributed by atoms with Gasteiger partial charge >= 0.3 is 0 Å². The Kier molecular flexibility index (Phi) is 3.89. The summed E-state index contributed by atoms with van der Waals surface area (Å²) < 4.78 is 0. The number of nitrogens with zero attached hydrogens (tertiary/aromatic N) is 1. The highest BCUT2D eigenvalue weighted by atomic mass is 16.1. The highest BCUT2D eigenvalue weighted by molar-refractivity contribution is 6.06. The van der Waals surface area contributed by atoms with Crippen molar-refractivity contribution in [2.45, 2.75) is 19.4 Å². The van der Waals surface area contributed by atoms with E-state index in [0.717, 1.165) is 17.3 Å². The number of amides is 1. The van der Waals surface area contributed by atoms with Gasteiger partial charge in [-0.2, -0.15) is 0 Å². The average Bonchev–Trinajstić information content (AvgIpc) is 2.38. The molecule has 1 atom stereocenters. The largest absolute Gasteiger partial charge is 0.350 e. The molecule has 0 spiro atoms. The molecule has 3 N–H and O–H groups in total. The molecular weight excluding hydrogens is 226 g/mol. The number of aromatic nitrogens is 1. The summed E-state index contributed by atoms with van der Waals surface area (Å²) in [7, 11) is 0. The fourth-order valence-corrected chi connectivity index (χ4v) is 1.92. The van der Waals surface area contributed by atoms with Crippen molar-refractivity contribution in [2.75, 3.05) is 6.54 Å². The molecule has 1 aromatic heterocycles. The lowest BCUT2D eigenvalue weighted by atomic mass is 10.1. The molecular formula is C14H17N3O. The molecule has 2 aromatic rings. The van der Waals surface area contributed by atoms with Gasteiger partial charge in [0.2, 0.25) is 0 Å². The van der Waals surface area contributed by atoms with Crippen LogP contribution in [0.5, 0.6) is 0 Å². The third-order valence-electron chi connectivity index (χ3n) is 2.87. The number of carbonyl (C=O) groups is 1. The first-order valence-corrected chi connectivity index (χ1v) is 6.07. The van der Waals surface area contributed by atoms with Crippen LogP contribution in [0.2, 0.25) is 0 Å². The standard InChI is InChI=1S/C14H17N3O/c1-10(6-8-15)17-14(18)12-7-9-16-13-5-3-2-4-11(12)13/h2-5,7,9-10H,6,8,15H2,1H3,(H,17,18). The van der Waals surface area contributed by atoms with E-state index in [1.165, 1.54) is 0 Å². The number of para-hydroxylation sites is 1. The van der Waals surface area contributed by atoms with E-state index >= 15 is 0 Å². The quantitative estimate of drug-likeness (QED) is 0.858. The van der Waals surface area contributed by atoms with Crippen LogP contribution >= 0.6 is 0 Å². The molecule has 18 heavy (non-hydrogen) atoms. The summed E-state index contributed by atoms with van der Waals surface area (Å²) in [6, 6.07) is 9.44. The Labute approximate surface area is 106 Å². The van der Waals surface area contributed by atoms with Crippen molar-refractivity contribution in [1.82, 2.24) is 10.3 Å². The number of benzene rings is 1. The van der Waals surface area contributed by atoms with E-state index in [2.05, 4.69) is 10.3 Å². The first kappa shape index (κ1) is 12.5. The zero-order valence-electron chi connectivity index (χ0n) is 10.4. The van der Waals surface area contributed by atoms with Crippen LogP contribution < -0.4 is 11.1 Å². The SMILES string of the molecule is CC(CCN)NC(=O)c1ccnc2ccccc12. The molecule has 0 bridgehead atoms. The van der Waals surface area contributed by atoms with Crippen molar-refractivity contribution < 1.29 is 4.79 Å². The predicted octanol–water partition coefficient (Wildman–Crippen LogP) is 1.70. The number of nitrogens with one attached hydrogen (secondary N) is 1. The summed E-state index contributed by atoms with van der Waals surface area (Å²) in [5.41, 5.74) is 6.96. The fourth-order valence-electron chi connectivity index (χ4n) is 1.92. The molecule has 2 rings (SSSR count). The Morgan fingerprint density at radius 3 is 2.94 bits per heavy atom. The number of carbonyl (C=O) groups excluding carboxylic acids is 1. The third-order valence-corrected chi connectivity index (χ3v) is 2.87. The molecule has 0 aliphatic rings. The predicted molar refractivity (Wildman–Crippen MR) is 72.3 cm³/mol. The van der Waals surface area contributed by atoms with E-state index in [-0.39, 0.29) is 11.9 Å². The van der Waals surface area contributed by atoms with Gasteiger partial charge in [0.1, 0.15) is 0 Å². The van der Waals surface area contributed by atoms with Gasteiger partial charge in [-0.15, -0.1) is 0 Å². The van der Waals surface area contributed by atoms with Crippen LogP contribution in [0, 0.1) is 0 Å². The lowest BCUT2D eigenvalue weighted by Crippen LogP contribution is -2.34. The van der Waals surface area contributed by atoms with E-state index in [0.29, 0.717) is 12.1 Å². The van der Waals surface area contributed by atoms with Gasteiger partial charge in [0.05, 0.1) is 11.1 Å². The Hall–Kier alpha value is -1.94. The van der Waals surface area contributed by atoms with Crippen LogP contribution in [-0.4, -0.2) is 23.5 Å². The average molecular weight is 243 g/mol. The van der Waals surface area contributed by atoms with E-state index in [9.17, 15) is 4.79 Å². The van der Waals surface area contributed by atoms with Gasteiger partial charge in [-0.25, -0.2) is 0 Å². The van der Waals surface area contributed by atoms with Gasteiger partial charge in [0.15, 0.2) is 0 Å². The van der Waals surface area contributed by atoms with Crippen LogP contribution in [0.3, 0.4) is 0 Å². The van der Waals surface area contributed by atoms with E-state index in [1.807, 2.05) is 31.2 Å². The van der Waals surface area contributed by atoms with Crippen molar-refractivity contribution in [3.8, 4) is 0 Å². The molecule has 1 heterocycles. The van der Waals surface area contributed by atoms with Gasteiger partial charge in [-0.05, 0) is 32.0 Å². The molecule has 94 valence electrons. The van der Waals surface area contributed by atoms with Crippen molar-refractivity contribution in [3.63, 3.8) is 0 Å². The van der Waals surface area contributed by atoms with Crippen LogP contribution in [0.15, 0.2) is 36.5 Å². The highest BCUT2D eigenvalue weighted by Crippen LogP contribution is 2.16. The Balaban J connectivity index is 2.28. The van der Waals surface area contributed by atoms with Crippen LogP contribution in [0.1, 0.15) is 23.7 Å². The van der Waals surface area contributed by atoms with Crippen molar-refractivity contribution >= 4 is 16.8 Å². The topological polar surface area (TPSA) is 68.0 Å². The molecule has 1 amide bonds. The summed E-state index contributed by atoms with van der Waals surface area (Å²) in [5, 5.41) is 3.82. The number of fused-ring (bicyclic) bond motifs is 1. The molecule has 4 nitrogen and oxygen atoms in total. The van der Waals surface area contributed by atoms with E-state index < -0.39 is 0 Å². The molecule has 0 aliphatic heterocycles. The second-order valence-corrected chi connectivity index (χ2v) is 4.33. The maximum absolute atomic E-state index is 12.2. The molecule has 1 unspecified atom stereocenters. The van der Waals surface area contributed by atoms with Crippen molar-refractivity contribution in [3.05, 3.63) is 42.1 Å². The second kappa shape index (κ2) is 5.60. The monoisotopic (exact) mass is 243 g/mol. The van der Waals surface area contributed by atoms with E-state index in [4.69, 9.17) is 5.73 Å². The van der Waals surface area contributed by atoms with Gasteiger partial charge in [0.25, 0.3) is 5.91 Å². The Morgan fingerprint density at radius 2 is 2.17 bits per heavy atom. The first-order chi connectivity index (χ1) is 8.72. The fraction of sp³-hybridized carbons (Fsp3) is 0.286. The minimum atomic E-state index is -0.0745. The third kappa shape index (κ3) is 2.65. The van der Waals surface area contributed by atoms with Crippen molar-refractivity contribution in [1.29, 1.82) is 0 Å². The minimum absolute atomic E-state index is 0.0745. The van der Waals surface area contributed by atoms with Gasteiger partial charge in [-0.1, -0.05) is 18.2 Å². The van der Waals surface area contributed by atoms with Gasteiger partial charge in [0, 0.05) is 17.6 Å². The lowest BCUT2D eigenvalue weighted by molar-refractivity contribution is 0.0940. The summed E-state index contributed by atoms with van der Waals surface area (Å²) in [4.78, 5) is 16.4. The zero-order chi connectivity index (χ0) is 13.0. The first-order valence-electron chi connectivity index (χ1n) is 6.07. The maximum atomic E-state index is 12.2. The van der Waals surface area contributed by atoms with Crippen molar-refractivity contribution in [2.24, 2.45) is 5.73 Å². The van der Waals surface area contributed by atoms with Crippen LogP contribution in [0.25, 0.3) is 10.9 Å². The summed E-state index contributed by atoms with van der Waals surface area (Å²) >= 11 is 0. The number of nitrogens with two attached hydrogens (primary N) is 1. The number of rotatable bonds is 4. The number of pyridine rings is 1. The molecule has 1 aromatic carbocycles. The second-order valence-electron chi connectivity index (χ2n) is 4.33. The highest BCUT2D eigenvalue weighted by Gasteiger charge is 2.12. The molecule has 0 saturated carbocycles. The lowest BCUT2D eigenvalue weighted by Gasteiger charge is -2.13. The van der Waals surface area contributed by atoms with E-state index in [1.54, 1.807) is 12.3 Å². The number of hydrogen-bond donors (Lipinski definition) is 2. The zero-order valence-corrected chi connectivity index (χ0v) is 10.4. The van der Waals surface area contributed by atoms with Gasteiger partial charge in [-0.3, -0.25) is 9.78 Å².